The van der Waals surface area contributed by atoms with E-state index in [1.54, 1.807) is 6.92 Å². The summed E-state index contributed by atoms with van der Waals surface area (Å²) in [6, 6.07) is 3.31. The molecule has 1 aliphatic carbocycles. The normalized spacial score (nSPS) is 15.4. The lowest BCUT2D eigenvalue weighted by Gasteiger charge is -2.13. The Hall–Kier alpha value is -1.44. The average molecular weight is 246 g/mol. The van der Waals surface area contributed by atoms with Crippen molar-refractivity contribution in [2.24, 2.45) is 0 Å². The van der Waals surface area contributed by atoms with Gasteiger partial charge in [0.05, 0.1) is 5.56 Å². The zero-order valence-electron chi connectivity index (χ0n) is 11.1. The van der Waals surface area contributed by atoms with Gasteiger partial charge >= 0.3 is 0 Å². The minimum absolute atomic E-state index is 0.0850. The Labute approximate surface area is 108 Å². The summed E-state index contributed by atoms with van der Waals surface area (Å²) in [6.45, 7) is 3.65. The molecule has 2 heteroatoms. The van der Waals surface area contributed by atoms with Crippen LogP contribution in [0.15, 0.2) is 23.8 Å². The van der Waals surface area contributed by atoms with Gasteiger partial charge in [0.15, 0.2) is 5.78 Å². The van der Waals surface area contributed by atoms with Crippen LogP contribution in [-0.4, -0.2) is 5.78 Å². The van der Waals surface area contributed by atoms with Gasteiger partial charge < -0.3 is 0 Å². The van der Waals surface area contributed by atoms with Crippen LogP contribution in [0.5, 0.6) is 0 Å². The lowest BCUT2D eigenvalue weighted by Crippen LogP contribution is -2.08. The first-order valence-electron chi connectivity index (χ1n) is 6.56. The van der Waals surface area contributed by atoms with Crippen LogP contribution >= 0.6 is 0 Å². The molecule has 0 radical (unpaired) electrons. The molecule has 1 nitrogen and oxygen atoms in total. The molecule has 0 aliphatic heterocycles. The molecule has 0 fully saturated rings. The number of hydrogen-bond donors (Lipinski definition) is 0. The van der Waals surface area contributed by atoms with E-state index in [9.17, 15) is 9.18 Å². The van der Waals surface area contributed by atoms with Gasteiger partial charge in [0, 0.05) is 6.42 Å². The summed E-state index contributed by atoms with van der Waals surface area (Å²) < 4.78 is 13.9. The van der Waals surface area contributed by atoms with Crippen LogP contribution < -0.4 is 0 Å². The van der Waals surface area contributed by atoms with Gasteiger partial charge in [-0.25, -0.2) is 4.39 Å². The van der Waals surface area contributed by atoms with Crippen molar-refractivity contribution in [2.45, 2.75) is 46.0 Å². The second-order valence-corrected chi connectivity index (χ2v) is 5.15. The Bertz CT molecular complexity index is 477. The van der Waals surface area contributed by atoms with E-state index in [0.717, 1.165) is 30.4 Å². The van der Waals surface area contributed by atoms with Gasteiger partial charge in [0.2, 0.25) is 0 Å². The van der Waals surface area contributed by atoms with Crippen LogP contribution in [0.3, 0.4) is 0 Å². The van der Waals surface area contributed by atoms with Crippen molar-refractivity contribution in [3.8, 4) is 0 Å². The third-order valence-electron chi connectivity index (χ3n) is 3.48. The summed E-state index contributed by atoms with van der Waals surface area (Å²) in [5, 5.41) is 0. The van der Waals surface area contributed by atoms with E-state index >= 15 is 0 Å². The standard InChI is InChI=1S/C16H19FO/c1-11-8-12(2)16(14(17)9-11)15(18)10-13-6-4-3-5-7-13/h6,8-9H,3-5,7,10H2,1-2H3. The van der Waals surface area contributed by atoms with Crippen LogP contribution in [0.25, 0.3) is 0 Å². The van der Waals surface area contributed by atoms with Crippen LogP contribution in [0, 0.1) is 19.7 Å². The molecule has 0 heterocycles. The molecule has 2 rings (SSSR count). The molecule has 1 aromatic carbocycles. The van der Waals surface area contributed by atoms with E-state index in [4.69, 9.17) is 0 Å². The predicted molar refractivity (Wildman–Crippen MR) is 71.4 cm³/mol. The quantitative estimate of drug-likeness (QED) is 0.566. The monoisotopic (exact) mass is 246 g/mol. The molecule has 0 saturated carbocycles. The average Bonchev–Trinajstić information content (AvgIpc) is 2.28. The minimum atomic E-state index is -0.381. The molecule has 96 valence electrons. The summed E-state index contributed by atoms with van der Waals surface area (Å²) in [7, 11) is 0. The fourth-order valence-corrected chi connectivity index (χ4v) is 2.63. The van der Waals surface area contributed by atoms with Crippen molar-refractivity contribution in [2.75, 3.05) is 0 Å². The van der Waals surface area contributed by atoms with Crippen LogP contribution in [0.4, 0.5) is 4.39 Å². The third-order valence-corrected chi connectivity index (χ3v) is 3.48. The van der Waals surface area contributed by atoms with Crippen molar-refractivity contribution in [1.82, 2.24) is 0 Å². The van der Waals surface area contributed by atoms with E-state index in [1.807, 2.05) is 13.0 Å². The molecule has 0 amide bonds. The fourth-order valence-electron chi connectivity index (χ4n) is 2.63. The smallest absolute Gasteiger partial charge is 0.170 e. The maximum atomic E-state index is 13.9. The van der Waals surface area contributed by atoms with Gasteiger partial charge in [-0.15, -0.1) is 0 Å². The summed E-state index contributed by atoms with van der Waals surface area (Å²) in [5.74, 6) is -0.466. The van der Waals surface area contributed by atoms with Crippen LogP contribution in [0.1, 0.15) is 53.6 Å². The van der Waals surface area contributed by atoms with E-state index in [2.05, 4.69) is 6.08 Å². The Balaban J connectivity index is 2.21. The van der Waals surface area contributed by atoms with Crippen molar-refractivity contribution >= 4 is 5.78 Å². The number of Topliss-reactive ketones (excluding diaryl/α,β-unsaturated/α-hetero) is 1. The first-order chi connectivity index (χ1) is 8.58. The molecule has 0 unspecified atom stereocenters. The molecule has 0 aromatic heterocycles. The van der Waals surface area contributed by atoms with Crippen molar-refractivity contribution in [3.63, 3.8) is 0 Å². The second kappa shape index (κ2) is 5.47. The topological polar surface area (TPSA) is 17.1 Å². The van der Waals surface area contributed by atoms with Crippen molar-refractivity contribution in [1.29, 1.82) is 0 Å². The number of benzene rings is 1. The number of aryl methyl sites for hydroxylation is 2. The maximum Gasteiger partial charge on any atom is 0.170 e. The molecule has 0 saturated heterocycles. The number of carbonyl (C=O) groups excluding carboxylic acids is 1. The number of allylic oxidation sites excluding steroid dienone is 2. The van der Waals surface area contributed by atoms with Gasteiger partial charge in [0.25, 0.3) is 0 Å². The Morgan fingerprint density at radius 3 is 2.67 bits per heavy atom. The summed E-state index contributed by atoms with van der Waals surface area (Å²) in [4.78, 5) is 12.2. The molecular formula is C16H19FO. The molecule has 0 N–H and O–H groups in total. The van der Waals surface area contributed by atoms with E-state index < -0.39 is 0 Å². The summed E-state index contributed by atoms with van der Waals surface area (Å²) >= 11 is 0. The van der Waals surface area contributed by atoms with Gasteiger partial charge in [-0.1, -0.05) is 17.7 Å². The van der Waals surface area contributed by atoms with Crippen LogP contribution in [-0.2, 0) is 0 Å². The van der Waals surface area contributed by atoms with E-state index in [0.29, 0.717) is 6.42 Å². The number of halogens is 1. The van der Waals surface area contributed by atoms with Crippen molar-refractivity contribution in [3.05, 3.63) is 46.3 Å². The van der Waals surface area contributed by atoms with Crippen molar-refractivity contribution < 1.29 is 9.18 Å². The largest absolute Gasteiger partial charge is 0.294 e. The zero-order valence-corrected chi connectivity index (χ0v) is 11.1. The predicted octanol–water partition coefficient (Wildman–Crippen LogP) is 4.52. The number of ketones is 1. The van der Waals surface area contributed by atoms with Gasteiger partial charge in [-0.2, -0.15) is 0 Å². The molecule has 1 aliphatic rings. The van der Waals surface area contributed by atoms with E-state index in [1.165, 1.54) is 18.1 Å². The Morgan fingerprint density at radius 2 is 2.06 bits per heavy atom. The second-order valence-electron chi connectivity index (χ2n) is 5.15. The third kappa shape index (κ3) is 2.87. The molecule has 1 aromatic rings. The number of hydrogen-bond acceptors (Lipinski definition) is 1. The molecule has 18 heavy (non-hydrogen) atoms. The highest BCUT2D eigenvalue weighted by Gasteiger charge is 2.17. The highest BCUT2D eigenvalue weighted by Crippen LogP contribution is 2.24. The first-order valence-corrected chi connectivity index (χ1v) is 6.56. The summed E-state index contributed by atoms with van der Waals surface area (Å²) in [5.41, 5.74) is 3.05. The molecular weight excluding hydrogens is 227 g/mol. The molecule has 0 atom stereocenters. The van der Waals surface area contributed by atoms with Gasteiger partial charge in [0.1, 0.15) is 5.82 Å². The molecule has 0 spiro atoms. The Kier molecular flexibility index (Phi) is 3.95. The highest BCUT2D eigenvalue weighted by atomic mass is 19.1. The van der Waals surface area contributed by atoms with Gasteiger partial charge in [-0.3, -0.25) is 4.79 Å². The zero-order chi connectivity index (χ0) is 13.1. The fraction of sp³-hybridized carbons (Fsp3) is 0.438. The lowest BCUT2D eigenvalue weighted by atomic mass is 9.92. The van der Waals surface area contributed by atoms with E-state index in [-0.39, 0.29) is 17.2 Å². The SMILES string of the molecule is Cc1cc(C)c(C(=O)CC2=CCCCC2)c(F)c1. The number of rotatable bonds is 3. The van der Waals surface area contributed by atoms with Crippen LogP contribution in [0.2, 0.25) is 0 Å². The molecule has 0 bridgehead atoms. The first kappa shape index (κ1) is 13.0. The minimum Gasteiger partial charge on any atom is -0.294 e. The number of carbonyl (C=O) groups is 1. The maximum absolute atomic E-state index is 13.9. The highest BCUT2D eigenvalue weighted by molar-refractivity contribution is 5.99. The lowest BCUT2D eigenvalue weighted by molar-refractivity contribution is 0.0987. The Morgan fingerprint density at radius 1 is 1.28 bits per heavy atom. The summed E-state index contributed by atoms with van der Waals surface area (Å²) in [6.07, 6.45) is 6.91. The van der Waals surface area contributed by atoms with Gasteiger partial charge in [-0.05, 0) is 56.7 Å².